The van der Waals surface area contributed by atoms with Gasteiger partial charge in [0.25, 0.3) is 5.91 Å². The fourth-order valence-electron chi connectivity index (χ4n) is 3.09. The highest BCUT2D eigenvalue weighted by Crippen LogP contribution is 2.45. The molecule has 0 aliphatic heterocycles. The first-order chi connectivity index (χ1) is 11.3. The summed E-state index contributed by atoms with van der Waals surface area (Å²) in [5, 5.41) is 16.6. The molecule has 1 fully saturated rings. The van der Waals surface area contributed by atoms with E-state index in [0.717, 1.165) is 24.1 Å². The van der Waals surface area contributed by atoms with Crippen LogP contribution in [0.1, 0.15) is 60.8 Å². The molecular formula is C19H22N4O. The van der Waals surface area contributed by atoms with E-state index in [1.165, 1.54) is 0 Å². The van der Waals surface area contributed by atoms with Crippen LogP contribution in [-0.2, 0) is 11.1 Å². The van der Waals surface area contributed by atoms with Crippen LogP contribution in [-0.4, -0.2) is 15.7 Å². The Labute approximate surface area is 142 Å². The molecule has 1 aliphatic carbocycles. The van der Waals surface area contributed by atoms with Crippen molar-refractivity contribution in [1.82, 2.24) is 15.1 Å². The van der Waals surface area contributed by atoms with Gasteiger partial charge in [-0.1, -0.05) is 12.1 Å². The van der Waals surface area contributed by atoms with Crippen molar-refractivity contribution in [2.24, 2.45) is 0 Å². The van der Waals surface area contributed by atoms with Gasteiger partial charge >= 0.3 is 0 Å². The Hall–Kier alpha value is -2.61. The molecule has 1 saturated carbocycles. The Bertz CT molecular complexity index is 832. The normalized spacial score (nSPS) is 15.6. The molecule has 1 N–H and O–H groups in total. The van der Waals surface area contributed by atoms with E-state index in [1.54, 1.807) is 12.3 Å². The van der Waals surface area contributed by atoms with Gasteiger partial charge in [-0.05, 0) is 58.2 Å². The maximum absolute atomic E-state index is 12.8. The number of nitrogens with zero attached hydrogens (tertiary/aromatic N) is 3. The summed E-state index contributed by atoms with van der Waals surface area (Å²) in [5.74, 6) is -0.108. The molecule has 5 nitrogen and oxygen atoms in total. The average Bonchev–Trinajstić information content (AvgIpc) is 3.20. The Morgan fingerprint density at radius 1 is 1.38 bits per heavy atom. The minimum absolute atomic E-state index is 0.108. The zero-order valence-electron chi connectivity index (χ0n) is 14.6. The monoisotopic (exact) mass is 322 g/mol. The molecule has 5 heteroatoms. The van der Waals surface area contributed by atoms with Gasteiger partial charge < -0.3 is 5.32 Å². The van der Waals surface area contributed by atoms with Crippen LogP contribution < -0.4 is 5.32 Å². The van der Waals surface area contributed by atoms with Gasteiger partial charge in [-0.25, -0.2) is 0 Å². The first kappa shape index (κ1) is 16.3. The van der Waals surface area contributed by atoms with Crippen molar-refractivity contribution in [1.29, 1.82) is 5.26 Å². The fourth-order valence-corrected chi connectivity index (χ4v) is 3.09. The molecule has 0 radical (unpaired) electrons. The zero-order valence-corrected chi connectivity index (χ0v) is 14.6. The van der Waals surface area contributed by atoms with E-state index in [4.69, 9.17) is 5.26 Å². The van der Waals surface area contributed by atoms with Gasteiger partial charge in [-0.3, -0.25) is 9.48 Å². The van der Waals surface area contributed by atoms with E-state index in [-0.39, 0.29) is 17.0 Å². The lowest BCUT2D eigenvalue weighted by atomic mass is 10.0. The summed E-state index contributed by atoms with van der Waals surface area (Å²) in [4.78, 5) is 12.8. The van der Waals surface area contributed by atoms with E-state index in [1.807, 2.05) is 29.8 Å². The van der Waals surface area contributed by atoms with Crippen molar-refractivity contribution < 1.29 is 4.79 Å². The summed E-state index contributed by atoms with van der Waals surface area (Å²) >= 11 is 0. The summed E-state index contributed by atoms with van der Waals surface area (Å²) in [6.07, 6.45) is 3.41. The number of carbonyl (C=O) groups excluding carboxylic acids is 1. The van der Waals surface area contributed by atoms with Crippen molar-refractivity contribution in [3.8, 4) is 6.07 Å². The van der Waals surface area contributed by atoms with E-state index in [0.29, 0.717) is 11.1 Å². The molecule has 1 heterocycles. The molecule has 1 aliphatic rings. The Kier molecular flexibility index (Phi) is 3.71. The molecule has 0 spiro atoms. The molecule has 2 aromatic rings. The fraction of sp³-hybridized carbons (Fsp3) is 0.421. The Balaban J connectivity index is 1.85. The minimum atomic E-state index is -0.347. The maximum Gasteiger partial charge on any atom is 0.255 e. The summed E-state index contributed by atoms with van der Waals surface area (Å²) in [7, 11) is 0. The van der Waals surface area contributed by atoms with Crippen molar-refractivity contribution in [2.75, 3.05) is 0 Å². The average molecular weight is 322 g/mol. The lowest BCUT2D eigenvalue weighted by Gasteiger charge is -2.22. The number of hydrogen-bond donors (Lipinski definition) is 1. The van der Waals surface area contributed by atoms with Gasteiger partial charge in [0.2, 0.25) is 0 Å². The highest BCUT2D eigenvalue weighted by Gasteiger charge is 2.46. The molecule has 0 saturated heterocycles. The summed E-state index contributed by atoms with van der Waals surface area (Å²) < 4.78 is 1.87. The van der Waals surface area contributed by atoms with Crippen molar-refractivity contribution in [3.05, 3.63) is 52.8 Å². The van der Waals surface area contributed by atoms with Crippen molar-refractivity contribution in [3.63, 3.8) is 0 Å². The second kappa shape index (κ2) is 5.48. The van der Waals surface area contributed by atoms with Crippen LogP contribution in [0.4, 0.5) is 0 Å². The number of aromatic nitrogens is 2. The molecule has 24 heavy (non-hydrogen) atoms. The highest BCUT2D eigenvalue weighted by atomic mass is 16.2. The first-order valence-corrected chi connectivity index (χ1v) is 8.15. The predicted octanol–water partition coefficient (Wildman–Crippen LogP) is 3.24. The molecule has 0 unspecified atom stereocenters. The van der Waals surface area contributed by atoms with Crippen LogP contribution in [0.3, 0.4) is 0 Å². The van der Waals surface area contributed by atoms with Gasteiger partial charge in [0.05, 0.1) is 34.5 Å². The van der Waals surface area contributed by atoms with E-state index in [2.05, 4.69) is 37.3 Å². The van der Waals surface area contributed by atoms with Gasteiger partial charge in [0.1, 0.15) is 0 Å². The molecule has 3 rings (SSSR count). The number of benzene rings is 1. The van der Waals surface area contributed by atoms with Gasteiger partial charge in [-0.2, -0.15) is 10.4 Å². The van der Waals surface area contributed by atoms with Crippen LogP contribution in [0.15, 0.2) is 30.5 Å². The first-order valence-electron chi connectivity index (χ1n) is 8.15. The number of rotatable bonds is 3. The third-order valence-electron chi connectivity index (χ3n) is 4.54. The maximum atomic E-state index is 12.8. The number of hydrogen-bond acceptors (Lipinski definition) is 3. The quantitative estimate of drug-likeness (QED) is 0.943. The Morgan fingerprint density at radius 2 is 2.08 bits per heavy atom. The van der Waals surface area contributed by atoms with E-state index >= 15 is 0 Å². The second-order valence-corrected chi connectivity index (χ2v) is 7.46. The van der Waals surface area contributed by atoms with Gasteiger partial charge in [0, 0.05) is 5.69 Å². The second-order valence-electron chi connectivity index (χ2n) is 7.46. The van der Waals surface area contributed by atoms with Crippen molar-refractivity contribution in [2.45, 2.75) is 51.6 Å². The molecule has 0 atom stereocenters. The summed E-state index contributed by atoms with van der Waals surface area (Å²) in [6.45, 7) is 8.10. The van der Waals surface area contributed by atoms with Crippen LogP contribution in [0.5, 0.6) is 0 Å². The molecule has 1 amide bonds. The smallest absolute Gasteiger partial charge is 0.255 e. The highest BCUT2D eigenvalue weighted by molar-refractivity contribution is 5.96. The Morgan fingerprint density at radius 3 is 2.62 bits per heavy atom. The van der Waals surface area contributed by atoms with Crippen LogP contribution >= 0.6 is 0 Å². The third-order valence-corrected chi connectivity index (χ3v) is 4.54. The zero-order chi connectivity index (χ0) is 17.5. The van der Waals surface area contributed by atoms with Crippen LogP contribution in [0, 0.1) is 18.3 Å². The SMILES string of the molecule is Cc1c(C(=O)NC2(c3cccc(C#N)c3)CC2)cnn1C(C)(C)C. The standard InChI is InChI=1S/C19H22N4O/c1-13-16(12-21-23(13)18(2,3)4)17(24)22-19(8-9-19)15-7-5-6-14(10-15)11-20/h5-7,10,12H,8-9H2,1-4H3,(H,22,24). The van der Waals surface area contributed by atoms with Crippen LogP contribution in [0.2, 0.25) is 0 Å². The lowest BCUT2D eigenvalue weighted by molar-refractivity contribution is 0.0930. The predicted molar refractivity (Wildman–Crippen MR) is 91.5 cm³/mol. The number of carbonyl (C=O) groups is 1. The van der Waals surface area contributed by atoms with E-state index < -0.39 is 0 Å². The lowest BCUT2D eigenvalue weighted by Crippen LogP contribution is -2.35. The van der Waals surface area contributed by atoms with Gasteiger partial charge in [0.15, 0.2) is 0 Å². The molecule has 1 aromatic carbocycles. The molecular weight excluding hydrogens is 300 g/mol. The summed E-state index contributed by atoms with van der Waals surface area (Å²) in [6, 6.07) is 9.63. The number of nitrogens with one attached hydrogen (secondary N) is 1. The van der Waals surface area contributed by atoms with Crippen LogP contribution in [0.25, 0.3) is 0 Å². The number of amides is 1. The van der Waals surface area contributed by atoms with E-state index in [9.17, 15) is 4.79 Å². The summed E-state index contributed by atoms with van der Waals surface area (Å²) in [5.41, 5.74) is 2.57. The minimum Gasteiger partial charge on any atom is -0.342 e. The third kappa shape index (κ3) is 2.80. The molecule has 1 aromatic heterocycles. The molecule has 124 valence electrons. The van der Waals surface area contributed by atoms with Gasteiger partial charge in [-0.15, -0.1) is 0 Å². The largest absolute Gasteiger partial charge is 0.342 e. The number of nitriles is 1. The topological polar surface area (TPSA) is 70.7 Å². The molecule has 0 bridgehead atoms. The van der Waals surface area contributed by atoms with Crippen molar-refractivity contribution >= 4 is 5.91 Å².